The fourth-order valence-electron chi connectivity index (χ4n) is 2.10. The molecule has 0 fully saturated rings. The van der Waals surface area contributed by atoms with Gasteiger partial charge < -0.3 is 9.52 Å². The minimum atomic E-state index is -0.951. The maximum Gasteiger partial charge on any atom is 0.309 e. The average Bonchev–Trinajstić information content (AvgIpc) is 3.16. The van der Waals surface area contributed by atoms with Crippen LogP contribution in [-0.2, 0) is 11.2 Å². The summed E-state index contributed by atoms with van der Waals surface area (Å²) >= 11 is 1.51. The summed E-state index contributed by atoms with van der Waals surface area (Å²) in [7, 11) is 0. The van der Waals surface area contributed by atoms with Crippen LogP contribution in [0, 0.1) is 0 Å². The quantitative estimate of drug-likeness (QED) is 0.769. The predicted molar refractivity (Wildman–Crippen MR) is 86.3 cm³/mol. The maximum absolute atomic E-state index is 11.1. The Hall–Kier alpha value is -2.54. The highest BCUT2D eigenvalue weighted by atomic mass is 32.1. The summed E-state index contributed by atoms with van der Waals surface area (Å²) in [4.78, 5) is 24.0. The Morgan fingerprint density at radius 1 is 1.30 bits per heavy atom. The van der Waals surface area contributed by atoms with Crippen molar-refractivity contribution in [3.8, 4) is 22.8 Å². The zero-order valence-electron chi connectivity index (χ0n) is 12.7. The van der Waals surface area contributed by atoms with Gasteiger partial charge in [-0.3, -0.25) is 4.79 Å². The van der Waals surface area contributed by atoms with E-state index in [4.69, 9.17) is 9.52 Å². The molecule has 0 bridgehead atoms. The van der Waals surface area contributed by atoms with Gasteiger partial charge in [-0.1, -0.05) is 13.8 Å². The first kappa shape index (κ1) is 15.4. The van der Waals surface area contributed by atoms with E-state index in [1.54, 1.807) is 12.4 Å². The van der Waals surface area contributed by atoms with Crippen molar-refractivity contribution < 1.29 is 14.3 Å². The van der Waals surface area contributed by atoms with Crippen molar-refractivity contribution in [2.24, 2.45) is 0 Å². The lowest BCUT2D eigenvalue weighted by molar-refractivity contribution is -0.136. The third-order valence-electron chi connectivity index (χ3n) is 3.23. The van der Waals surface area contributed by atoms with E-state index in [1.807, 2.05) is 30.7 Å². The van der Waals surface area contributed by atoms with Gasteiger partial charge >= 0.3 is 5.97 Å². The zero-order chi connectivity index (χ0) is 16.4. The first-order valence-electron chi connectivity index (χ1n) is 7.11. The molecule has 0 amide bonds. The molecule has 3 aromatic rings. The van der Waals surface area contributed by atoms with Crippen LogP contribution in [0.5, 0.6) is 0 Å². The molecule has 0 saturated carbocycles. The van der Waals surface area contributed by atoms with Crippen LogP contribution >= 0.6 is 11.3 Å². The minimum absolute atomic E-state index is 0.195. The molecule has 0 atom stereocenters. The van der Waals surface area contributed by atoms with E-state index in [0.29, 0.717) is 22.9 Å². The van der Waals surface area contributed by atoms with Crippen molar-refractivity contribution in [1.82, 2.24) is 15.0 Å². The molecular weight excluding hydrogens is 314 g/mol. The van der Waals surface area contributed by atoms with Crippen molar-refractivity contribution in [2.75, 3.05) is 0 Å². The highest BCUT2D eigenvalue weighted by Gasteiger charge is 2.19. The van der Waals surface area contributed by atoms with Crippen LogP contribution in [-0.4, -0.2) is 26.0 Å². The second-order valence-corrected chi connectivity index (χ2v) is 6.14. The summed E-state index contributed by atoms with van der Waals surface area (Å²) in [6, 6.07) is 1.87. The van der Waals surface area contributed by atoms with Gasteiger partial charge in [0.1, 0.15) is 5.82 Å². The summed E-state index contributed by atoms with van der Waals surface area (Å²) in [6.07, 6.45) is 3.10. The number of rotatable bonds is 5. The number of thiophene rings is 1. The Morgan fingerprint density at radius 2 is 2.04 bits per heavy atom. The first-order valence-corrected chi connectivity index (χ1v) is 8.05. The molecular formula is C16H15N3O3S. The van der Waals surface area contributed by atoms with Crippen LogP contribution in [0.2, 0.25) is 0 Å². The van der Waals surface area contributed by atoms with Gasteiger partial charge in [0, 0.05) is 29.3 Å². The molecule has 3 aromatic heterocycles. The zero-order valence-corrected chi connectivity index (χ0v) is 13.5. The second-order valence-electron chi connectivity index (χ2n) is 5.36. The van der Waals surface area contributed by atoms with Crippen LogP contribution in [0.3, 0.4) is 0 Å². The van der Waals surface area contributed by atoms with Crippen molar-refractivity contribution in [3.63, 3.8) is 0 Å². The highest BCUT2D eigenvalue weighted by molar-refractivity contribution is 7.08. The van der Waals surface area contributed by atoms with Crippen molar-refractivity contribution in [2.45, 2.75) is 26.2 Å². The lowest BCUT2D eigenvalue weighted by atomic mass is 10.2. The molecule has 23 heavy (non-hydrogen) atoms. The number of carbonyl (C=O) groups is 1. The number of hydrogen-bond acceptors (Lipinski definition) is 6. The average molecular weight is 329 g/mol. The van der Waals surface area contributed by atoms with Gasteiger partial charge in [-0.2, -0.15) is 11.3 Å². The molecule has 3 heterocycles. The number of nitrogens with zero attached hydrogens (tertiary/aromatic N) is 3. The topological polar surface area (TPSA) is 89.1 Å². The van der Waals surface area contributed by atoms with E-state index in [0.717, 1.165) is 11.4 Å². The van der Waals surface area contributed by atoms with Crippen LogP contribution in [0.4, 0.5) is 0 Å². The second kappa shape index (κ2) is 6.29. The summed E-state index contributed by atoms with van der Waals surface area (Å²) in [6.45, 7) is 4.03. The summed E-state index contributed by atoms with van der Waals surface area (Å²) in [5.41, 5.74) is 1.85. The number of aromatic nitrogens is 3. The monoisotopic (exact) mass is 329 g/mol. The van der Waals surface area contributed by atoms with Crippen LogP contribution in [0.25, 0.3) is 22.8 Å². The molecule has 0 radical (unpaired) electrons. The molecule has 118 valence electrons. The lowest BCUT2D eigenvalue weighted by Crippen LogP contribution is -2.01. The predicted octanol–water partition coefficient (Wildman–Crippen LogP) is 3.61. The molecule has 0 saturated heterocycles. The van der Waals surface area contributed by atoms with Gasteiger partial charge in [-0.05, 0) is 11.4 Å². The molecule has 0 spiro atoms. The Bertz CT molecular complexity index is 808. The number of oxazole rings is 1. The third kappa shape index (κ3) is 3.29. The van der Waals surface area contributed by atoms with Crippen molar-refractivity contribution in [1.29, 1.82) is 0 Å². The van der Waals surface area contributed by atoms with Crippen molar-refractivity contribution in [3.05, 3.63) is 40.7 Å². The molecule has 0 aliphatic heterocycles. The molecule has 3 rings (SSSR count). The Labute approximate surface area is 136 Å². The SMILES string of the molecule is CC(C)c1ncc(-c2nc(CC(=O)O)c(-c3ccsc3)o2)cn1. The van der Waals surface area contributed by atoms with Gasteiger partial charge in [0.25, 0.3) is 0 Å². The molecule has 0 unspecified atom stereocenters. The fourth-order valence-corrected chi connectivity index (χ4v) is 2.74. The highest BCUT2D eigenvalue weighted by Crippen LogP contribution is 2.31. The Balaban J connectivity index is 2.01. The van der Waals surface area contributed by atoms with Gasteiger partial charge in [0.05, 0.1) is 17.7 Å². The Kier molecular flexibility index (Phi) is 4.20. The van der Waals surface area contributed by atoms with Gasteiger partial charge in [-0.15, -0.1) is 0 Å². The van der Waals surface area contributed by atoms with E-state index >= 15 is 0 Å². The van der Waals surface area contributed by atoms with Crippen LogP contribution in [0.1, 0.15) is 31.3 Å². The molecule has 1 N–H and O–H groups in total. The van der Waals surface area contributed by atoms with E-state index in [9.17, 15) is 4.79 Å². The molecule has 0 aromatic carbocycles. The smallest absolute Gasteiger partial charge is 0.309 e. The van der Waals surface area contributed by atoms with Gasteiger partial charge in [0.2, 0.25) is 5.89 Å². The van der Waals surface area contributed by atoms with E-state index < -0.39 is 5.97 Å². The number of hydrogen-bond donors (Lipinski definition) is 1. The van der Waals surface area contributed by atoms with E-state index in [-0.39, 0.29) is 12.3 Å². The van der Waals surface area contributed by atoms with Crippen molar-refractivity contribution >= 4 is 17.3 Å². The molecule has 6 nitrogen and oxygen atoms in total. The van der Waals surface area contributed by atoms with E-state index in [2.05, 4.69) is 15.0 Å². The molecule has 0 aliphatic carbocycles. The maximum atomic E-state index is 11.1. The van der Waals surface area contributed by atoms with Crippen LogP contribution in [0.15, 0.2) is 33.6 Å². The lowest BCUT2D eigenvalue weighted by Gasteiger charge is -2.02. The standard InChI is InChI=1S/C16H15N3O3S/c1-9(2)15-17-6-11(7-18-15)16-19-12(5-13(20)21)14(22-16)10-3-4-23-8-10/h3-4,6-9H,5H2,1-2H3,(H,20,21). The molecule has 7 heteroatoms. The minimum Gasteiger partial charge on any atom is -0.481 e. The summed E-state index contributed by atoms with van der Waals surface area (Å²) < 4.78 is 5.80. The van der Waals surface area contributed by atoms with Gasteiger partial charge in [0.15, 0.2) is 5.76 Å². The number of aliphatic carboxylic acids is 1. The summed E-state index contributed by atoms with van der Waals surface area (Å²) in [5, 5.41) is 12.9. The fraction of sp³-hybridized carbons (Fsp3) is 0.250. The van der Waals surface area contributed by atoms with Crippen LogP contribution < -0.4 is 0 Å². The third-order valence-corrected chi connectivity index (χ3v) is 3.92. The number of carboxylic acid groups (broad SMARTS) is 1. The normalized spacial score (nSPS) is 11.1. The van der Waals surface area contributed by atoms with Gasteiger partial charge in [-0.25, -0.2) is 15.0 Å². The molecule has 0 aliphatic rings. The summed E-state index contributed by atoms with van der Waals surface area (Å²) in [5.74, 6) is 0.837. The first-order chi connectivity index (χ1) is 11.0. The van der Waals surface area contributed by atoms with E-state index in [1.165, 1.54) is 11.3 Å². The number of carboxylic acids is 1. The Morgan fingerprint density at radius 3 is 2.61 bits per heavy atom. The largest absolute Gasteiger partial charge is 0.481 e.